The lowest BCUT2D eigenvalue weighted by Gasteiger charge is -2.17. The Kier molecular flexibility index (Phi) is 5.96. The highest BCUT2D eigenvalue weighted by atomic mass is 32.1. The number of esters is 1. The first-order valence-corrected chi connectivity index (χ1v) is 8.07. The van der Waals surface area contributed by atoms with Gasteiger partial charge >= 0.3 is 5.97 Å². The second-order valence-corrected chi connectivity index (χ2v) is 5.87. The lowest BCUT2D eigenvalue weighted by atomic mass is 10.1. The van der Waals surface area contributed by atoms with E-state index in [1.165, 1.54) is 12.0 Å². The van der Waals surface area contributed by atoms with Crippen LogP contribution in [0.5, 0.6) is 0 Å². The summed E-state index contributed by atoms with van der Waals surface area (Å²) in [6.07, 6.45) is 2.20. The second-order valence-electron chi connectivity index (χ2n) is 4.89. The van der Waals surface area contributed by atoms with Crippen LogP contribution in [-0.2, 0) is 11.3 Å². The van der Waals surface area contributed by atoms with Crippen LogP contribution < -0.4 is 5.32 Å². The van der Waals surface area contributed by atoms with Gasteiger partial charge in [0.15, 0.2) is 0 Å². The van der Waals surface area contributed by atoms with Gasteiger partial charge in [-0.05, 0) is 29.5 Å². The first kappa shape index (κ1) is 15.7. The summed E-state index contributed by atoms with van der Waals surface area (Å²) < 4.78 is 4.84. The van der Waals surface area contributed by atoms with E-state index in [9.17, 15) is 4.79 Å². The number of ether oxygens (including phenoxy) is 1. The Morgan fingerprint density at radius 3 is 2.76 bits per heavy atom. The van der Waals surface area contributed by atoms with Crippen LogP contribution in [0, 0.1) is 0 Å². The summed E-state index contributed by atoms with van der Waals surface area (Å²) in [6, 6.07) is 12.2. The van der Waals surface area contributed by atoms with E-state index in [4.69, 9.17) is 4.74 Å². The summed E-state index contributed by atoms with van der Waals surface area (Å²) in [7, 11) is 1.41. The molecule has 1 aromatic heterocycles. The normalized spacial score (nSPS) is 12.1. The zero-order valence-electron chi connectivity index (χ0n) is 12.5. The topological polar surface area (TPSA) is 38.3 Å². The molecule has 0 aliphatic rings. The van der Waals surface area contributed by atoms with Crippen LogP contribution >= 0.6 is 11.3 Å². The van der Waals surface area contributed by atoms with E-state index < -0.39 is 0 Å². The van der Waals surface area contributed by atoms with Crippen molar-refractivity contribution in [3.8, 4) is 0 Å². The molecule has 3 nitrogen and oxygen atoms in total. The maximum Gasteiger partial charge on any atom is 0.338 e. The standard InChI is InChI=1S/C17H21NO2S/c1-3-7-15(16-10-6-11-21-16)18-12-13-8-4-5-9-14(13)17(19)20-2/h4-6,8-11,15,18H,3,7,12H2,1-2H3. The monoisotopic (exact) mass is 303 g/mol. The number of thiophene rings is 1. The fraction of sp³-hybridized carbons (Fsp3) is 0.353. The van der Waals surface area contributed by atoms with Gasteiger partial charge in [0, 0.05) is 17.5 Å². The van der Waals surface area contributed by atoms with Crippen molar-refractivity contribution in [2.75, 3.05) is 7.11 Å². The SMILES string of the molecule is CCCC(NCc1ccccc1C(=O)OC)c1cccs1. The quantitative estimate of drug-likeness (QED) is 0.780. The van der Waals surface area contributed by atoms with Crippen molar-refractivity contribution >= 4 is 17.3 Å². The van der Waals surface area contributed by atoms with Crippen LogP contribution in [0.3, 0.4) is 0 Å². The third-order valence-electron chi connectivity index (χ3n) is 3.43. The highest BCUT2D eigenvalue weighted by Crippen LogP contribution is 2.24. The molecule has 1 heterocycles. The zero-order chi connectivity index (χ0) is 15.1. The van der Waals surface area contributed by atoms with E-state index in [0.717, 1.165) is 18.4 Å². The summed E-state index contributed by atoms with van der Waals surface area (Å²) in [6.45, 7) is 2.85. The van der Waals surface area contributed by atoms with Crippen molar-refractivity contribution < 1.29 is 9.53 Å². The lowest BCUT2D eigenvalue weighted by Crippen LogP contribution is -2.21. The molecule has 0 spiro atoms. The molecule has 1 unspecified atom stereocenters. The van der Waals surface area contributed by atoms with E-state index >= 15 is 0 Å². The minimum atomic E-state index is -0.282. The van der Waals surface area contributed by atoms with Crippen molar-refractivity contribution in [3.63, 3.8) is 0 Å². The number of methoxy groups -OCH3 is 1. The van der Waals surface area contributed by atoms with Gasteiger partial charge in [0.2, 0.25) is 0 Å². The number of rotatable bonds is 7. The Balaban J connectivity index is 2.09. The molecule has 4 heteroatoms. The first-order chi connectivity index (χ1) is 10.3. The minimum absolute atomic E-state index is 0.282. The van der Waals surface area contributed by atoms with Crippen molar-refractivity contribution in [1.29, 1.82) is 0 Å². The molecule has 112 valence electrons. The molecule has 1 atom stereocenters. The fourth-order valence-electron chi connectivity index (χ4n) is 2.34. The Morgan fingerprint density at radius 1 is 1.29 bits per heavy atom. The molecule has 0 saturated heterocycles. The smallest absolute Gasteiger partial charge is 0.338 e. The number of carbonyl (C=O) groups excluding carboxylic acids is 1. The first-order valence-electron chi connectivity index (χ1n) is 7.19. The van der Waals surface area contributed by atoms with Crippen LogP contribution in [0.4, 0.5) is 0 Å². The van der Waals surface area contributed by atoms with Crippen LogP contribution in [0.1, 0.15) is 46.6 Å². The molecule has 0 saturated carbocycles. The lowest BCUT2D eigenvalue weighted by molar-refractivity contribution is 0.0599. The van der Waals surface area contributed by atoms with Crippen molar-refractivity contribution in [1.82, 2.24) is 5.32 Å². The Morgan fingerprint density at radius 2 is 2.10 bits per heavy atom. The van der Waals surface area contributed by atoms with Gasteiger partial charge < -0.3 is 10.1 Å². The highest BCUT2D eigenvalue weighted by molar-refractivity contribution is 7.10. The average molecular weight is 303 g/mol. The molecule has 0 aliphatic heterocycles. The number of carbonyl (C=O) groups is 1. The van der Waals surface area contributed by atoms with Crippen LogP contribution in [0.15, 0.2) is 41.8 Å². The molecule has 0 amide bonds. The Labute approximate surface area is 130 Å². The van der Waals surface area contributed by atoms with Gasteiger partial charge in [0.05, 0.1) is 12.7 Å². The number of benzene rings is 1. The molecule has 21 heavy (non-hydrogen) atoms. The molecule has 0 bridgehead atoms. The molecule has 1 aromatic carbocycles. The fourth-order valence-corrected chi connectivity index (χ4v) is 3.18. The van der Waals surface area contributed by atoms with E-state index in [2.05, 4.69) is 29.8 Å². The molecule has 1 N–H and O–H groups in total. The van der Waals surface area contributed by atoms with Crippen molar-refractivity contribution in [3.05, 3.63) is 57.8 Å². The van der Waals surface area contributed by atoms with Crippen molar-refractivity contribution in [2.45, 2.75) is 32.4 Å². The molecular formula is C17H21NO2S. The predicted octanol–water partition coefficient (Wildman–Crippen LogP) is 4.17. The molecule has 2 rings (SSSR count). The molecule has 0 fully saturated rings. The third kappa shape index (κ3) is 4.16. The number of nitrogens with one attached hydrogen (secondary N) is 1. The Bertz CT molecular complexity index is 566. The van der Waals surface area contributed by atoms with E-state index in [0.29, 0.717) is 18.2 Å². The molecule has 2 aromatic rings. The van der Waals surface area contributed by atoms with E-state index in [1.54, 1.807) is 11.3 Å². The summed E-state index contributed by atoms with van der Waals surface area (Å²) in [5, 5.41) is 5.66. The summed E-state index contributed by atoms with van der Waals surface area (Å²) in [5.41, 5.74) is 1.61. The average Bonchev–Trinajstić information content (AvgIpc) is 3.05. The maximum atomic E-state index is 11.8. The van der Waals surface area contributed by atoms with Crippen LogP contribution in [-0.4, -0.2) is 13.1 Å². The van der Waals surface area contributed by atoms with Gasteiger partial charge in [-0.25, -0.2) is 4.79 Å². The second kappa shape index (κ2) is 7.96. The van der Waals surface area contributed by atoms with Crippen molar-refractivity contribution in [2.24, 2.45) is 0 Å². The highest BCUT2D eigenvalue weighted by Gasteiger charge is 2.14. The van der Waals surface area contributed by atoms with E-state index in [1.807, 2.05) is 24.3 Å². The number of hydrogen-bond acceptors (Lipinski definition) is 4. The summed E-state index contributed by atoms with van der Waals surface area (Å²) in [5.74, 6) is -0.282. The summed E-state index contributed by atoms with van der Waals surface area (Å²) in [4.78, 5) is 13.1. The minimum Gasteiger partial charge on any atom is -0.465 e. The van der Waals surface area contributed by atoms with Crippen LogP contribution in [0.2, 0.25) is 0 Å². The van der Waals surface area contributed by atoms with Gasteiger partial charge in [-0.15, -0.1) is 11.3 Å². The number of hydrogen-bond donors (Lipinski definition) is 1. The van der Waals surface area contributed by atoms with Gasteiger partial charge in [-0.2, -0.15) is 0 Å². The largest absolute Gasteiger partial charge is 0.465 e. The van der Waals surface area contributed by atoms with Gasteiger partial charge in [-0.1, -0.05) is 37.6 Å². The molecular weight excluding hydrogens is 282 g/mol. The van der Waals surface area contributed by atoms with Crippen LogP contribution in [0.25, 0.3) is 0 Å². The maximum absolute atomic E-state index is 11.8. The molecule has 0 radical (unpaired) electrons. The predicted molar refractivity (Wildman–Crippen MR) is 86.6 cm³/mol. The van der Waals surface area contributed by atoms with Gasteiger partial charge in [-0.3, -0.25) is 0 Å². The zero-order valence-corrected chi connectivity index (χ0v) is 13.3. The third-order valence-corrected chi connectivity index (χ3v) is 4.41. The van der Waals surface area contributed by atoms with Gasteiger partial charge in [0.25, 0.3) is 0 Å². The Hall–Kier alpha value is -1.65. The van der Waals surface area contributed by atoms with Gasteiger partial charge in [0.1, 0.15) is 0 Å². The van der Waals surface area contributed by atoms with E-state index in [-0.39, 0.29) is 5.97 Å². The molecule has 0 aliphatic carbocycles. The summed E-state index contributed by atoms with van der Waals surface area (Å²) >= 11 is 1.77.